The van der Waals surface area contributed by atoms with Crippen LogP contribution in [0.15, 0.2) is 46.9 Å². The molecule has 2 aromatic carbocycles. The summed E-state index contributed by atoms with van der Waals surface area (Å²) in [4.78, 5) is 12.9. The highest BCUT2D eigenvalue weighted by Crippen LogP contribution is 2.29. The summed E-state index contributed by atoms with van der Waals surface area (Å²) in [5.74, 6) is -1.29. The van der Waals surface area contributed by atoms with Crippen molar-refractivity contribution in [3.05, 3.63) is 58.3 Å². The first-order valence-electron chi connectivity index (χ1n) is 6.09. The normalized spacial score (nSPS) is 10.3. The van der Waals surface area contributed by atoms with E-state index >= 15 is 0 Å². The maximum absolute atomic E-state index is 13.3. The zero-order chi connectivity index (χ0) is 14.7. The van der Waals surface area contributed by atoms with Gasteiger partial charge in [0.2, 0.25) is 0 Å². The van der Waals surface area contributed by atoms with Crippen LogP contribution in [0.3, 0.4) is 0 Å². The van der Waals surface area contributed by atoms with E-state index in [0.29, 0.717) is 11.0 Å². The fourth-order valence-electron chi connectivity index (χ4n) is 2.00. The van der Waals surface area contributed by atoms with Crippen molar-refractivity contribution in [2.75, 3.05) is 11.4 Å². The third kappa shape index (κ3) is 2.99. The molecule has 104 valence electrons. The number of rotatable bonds is 4. The molecule has 0 fully saturated rings. The first kappa shape index (κ1) is 14.5. The Morgan fingerprint density at radius 1 is 1.25 bits per heavy atom. The topological polar surface area (TPSA) is 40.5 Å². The van der Waals surface area contributed by atoms with Crippen LogP contribution in [-0.4, -0.2) is 17.6 Å². The molecule has 20 heavy (non-hydrogen) atoms. The molecule has 5 heteroatoms. The fraction of sp³-hybridized carbons (Fsp3) is 0.133. The van der Waals surface area contributed by atoms with Gasteiger partial charge in [-0.05, 0) is 59.3 Å². The van der Waals surface area contributed by atoms with Crippen molar-refractivity contribution in [1.29, 1.82) is 0 Å². The van der Waals surface area contributed by atoms with Crippen molar-refractivity contribution >= 4 is 33.3 Å². The second kappa shape index (κ2) is 6.05. The number of carbonyl (C=O) groups is 1. The summed E-state index contributed by atoms with van der Waals surface area (Å²) in [6.45, 7) is 2.59. The lowest BCUT2D eigenvalue weighted by molar-refractivity contribution is 0.0696. The van der Waals surface area contributed by atoms with E-state index in [1.807, 2.05) is 17.9 Å². The summed E-state index contributed by atoms with van der Waals surface area (Å²) >= 11 is 3.25. The quantitative estimate of drug-likeness (QED) is 0.896. The smallest absolute Gasteiger partial charge is 0.336 e. The van der Waals surface area contributed by atoms with E-state index in [4.69, 9.17) is 5.11 Å². The van der Waals surface area contributed by atoms with Gasteiger partial charge in [-0.15, -0.1) is 0 Å². The molecule has 0 amide bonds. The molecule has 0 heterocycles. The van der Waals surface area contributed by atoms with Gasteiger partial charge in [-0.2, -0.15) is 0 Å². The highest BCUT2D eigenvalue weighted by molar-refractivity contribution is 9.10. The average molecular weight is 338 g/mol. The Balaban J connectivity index is 2.42. The lowest BCUT2D eigenvalue weighted by Crippen LogP contribution is -2.16. The van der Waals surface area contributed by atoms with E-state index in [1.54, 1.807) is 18.2 Å². The zero-order valence-corrected chi connectivity index (χ0v) is 12.4. The number of nitrogens with zero attached hydrogens (tertiary/aromatic N) is 1. The average Bonchev–Trinajstić information content (AvgIpc) is 2.39. The Kier molecular flexibility index (Phi) is 4.39. The fourth-order valence-corrected chi connectivity index (χ4v) is 2.54. The van der Waals surface area contributed by atoms with Gasteiger partial charge in [0.15, 0.2) is 0 Å². The molecule has 0 aliphatic rings. The molecule has 0 atom stereocenters. The van der Waals surface area contributed by atoms with Crippen LogP contribution in [-0.2, 0) is 0 Å². The number of anilines is 2. The number of benzene rings is 2. The van der Waals surface area contributed by atoms with E-state index in [9.17, 15) is 9.18 Å². The van der Waals surface area contributed by atoms with Crippen molar-refractivity contribution < 1.29 is 14.3 Å². The third-order valence-corrected chi connectivity index (χ3v) is 3.59. The van der Waals surface area contributed by atoms with Crippen LogP contribution in [0.4, 0.5) is 15.8 Å². The largest absolute Gasteiger partial charge is 0.478 e. The van der Waals surface area contributed by atoms with Crippen LogP contribution >= 0.6 is 15.9 Å². The van der Waals surface area contributed by atoms with E-state index < -0.39 is 5.97 Å². The van der Waals surface area contributed by atoms with Crippen LogP contribution < -0.4 is 4.90 Å². The molecule has 2 aromatic rings. The number of halogens is 2. The molecule has 0 saturated heterocycles. The predicted octanol–water partition coefficient (Wildman–Crippen LogP) is 4.44. The van der Waals surface area contributed by atoms with Gasteiger partial charge in [-0.3, -0.25) is 0 Å². The monoisotopic (exact) mass is 337 g/mol. The Bertz CT molecular complexity index is 646. The first-order chi connectivity index (χ1) is 9.52. The summed E-state index contributed by atoms with van der Waals surface area (Å²) in [6.07, 6.45) is 0. The standard InChI is InChI=1S/C15H13BrFNO2/c1-2-18(11-5-3-4-10(17)8-11)12-6-7-13(15(19)20)14(16)9-12/h3-9H,2H2,1H3,(H,19,20). The van der Waals surface area contributed by atoms with Crippen LogP contribution in [0.1, 0.15) is 17.3 Å². The number of hydrogen-bond acceptors (Lipinski definition) is 2. The molecule has 0 aliphatic carbocycles. The van der Waals surface area contributed by atoms with Crippen molar-refractivity contribution in [1.82, 2.24) is 0 Å². The molecule has 0 bridgehead atoms. The van der Waals surface area contributed by atoms with E-state index in [-0.39, 0.29) is 11.4 Å². The van der Waals surface area contributed by atoms with Crippen LogP contribution in [0.2, 0.25) is 0 Å². The van der Waals surface area contributed by atoms with Gasteiger partial charge in [0.1, 0.15) is 5.82 Å². The van der Waals surface area contributed by atoms with Crippen LogP contribution in [0.25, 0.3) is 0 Å². The summed E-state index contributed by atoms with van der Waals surface area (Å²) < 4.78 is 13.8. The van der Waals surface area contributed by atoms with Gasteiger partial charge in [0.25, 0.3) is 0 Å². The maximum Gasteiger partial charge on any atom is 0.336 e. The minimum absolute atomic E-state index is 0.198. The maximum atomic E-state index is 13.3. The molecule has 2 rings (SSSR count). The Morgan fingerprint density at radius 3 is 2.50 bits per heavy atom. The number of carboxylic acids is 1. The molecule has 0 unspecified atom stereocenters. The zero-order valence-electron chi connectivity index (χ0n) is 10.8. The van der Waals surface area contributed by atoms with Crippen molar-refractivity contribution in [3.8, 4) is 0 Å². The van der Waals surface area contributed by atoms with E-state index in [2.05, 4.69) is 15.9 Å². The summed E-state index contributed by atoms with van der Waals surface area (Å²) in [7, 11) is 0. The molecule has 3 nitrogen and oxygen atoms in total. The van der Waals surface area contributed by atoms with Gasteiger partial charge in [0.05, 0.1) is 5.56 Å². The van der Waals surface area contributed by atoms with E-state index in [1.165, 1.54) is 18.2 Å². The second-order valence-electron chi connectivity index (χ2n) is 4.19. The van der Waals surface area contributed by atoms with Crippen molar-refractivity contribution in [3.63, 3.8) is 0 Å². The summed E-state index contributed by atoms with van der Waals surface area (Å²) in [5.41, 5.74) is 1.72. The van der Waals surface area contributed by atoms with Crippen molar-refractivity contribution in [2.24, 2.45) is 0 Å². The Labute approximate surface area is 124 Å². The highest BCUT2D eigenvalue weighted by Gasteiger charge is 2.13. The predicted molar refractivity (Wildman–Crippen MR) is 80.2 cm³/mol. The Morgan fingerprint density at radius 2 is 1.95 bits per heavy atom. The lowest BCUT2D eigenvalue weighted by Gasteiger charge is -2.23. The number of aromatic carboxylic acids is 1. The molecule has 0 aromatic heterocycles. The van der Waals surface area contributed by atoms with Gasteiger partial charge >= 0.3 is 5.97 Å². The van der Waals surface area contributed by atoms with Gasteiger partial charge in [-0.25, -0.2) is 9.18 Å². The molecule has 0 spiro atoms. The van der Waals surface area contributed by atoms with Gasteiger partial charge < -0.3 is 10.0 Å². The third-order valence-electron chi connectivity index (χ3n) is 2.93. The van der Waals surface area contributed by atoms with Crippen LogP contribution in [0, 0.1) is 5.82 Å². The van der Waals surface area contributed by atoms with Crippen LogP contribution in [0.5, 0.6) is 0 Å². The number of carboxylic acid groups (broad SMARTS) is 1. The number of hydrogen-bond donors (Lipinski definition) is 1. The molecule has 1 N–H and O–H groups in total. The van der Waals surface area contributed by atoms with Crippen molar-refractivity contribution in [2.45, 2.75) is 6.92 Å². The Hall–Kier alpha value is -1.88. The summed E-state index contributed by atoms with van der Waals surface area (Å²) in [5, 5.41) is 9.01. The molecule has 0 saturated carbocycles. The molecular formula is C15H13BrFNO2. The van der Waals surface area contributed by atoms with Gasteiger partial charge in [0, 0.05) is 22.4 Å². The molecule has 0 aliphatic heterocycles. The van der Waals surface area contributed by atoms with Gasteiger partial charge in [-0.1, -0.05) is 6.07 Å². The molecular weight excluding hydrogens is 325 g/mol. The molecule has 0 radical (unpaired) electrons. The highest BCUT2D eigenvalue weighted by atomic mass is 79.9. The lowest BCUT2D eigenvalue weighted by atomic mass is 10.1. The summed E-state index contributed by atoms with van der Waals surface area (Å²) in [6, 6.07) is 11.3. The first-order valence-corrected chi connectivity index (χ1v) is 6.88. The second-order valence-corrected chi connectivity index (χ2v) is 5.05. The van der Waals surface area contributed by atoms with E-state index in [0.717, 1.165) is 11.4 Å². The minimum Gasteiger partial charge on any atom is -0.478 e. The SMILES string of the molecule is CCN(c1cccc(F)c1)c1ccc(C(=O)O)c(Br)c1. The minimum atomic E-state index is -0.989.